The molecule has 0 radical (unpaired) electrons. The summed E-state index contributed by atoms with van der Waals surface area (Å²) in [6.07, 6.45) is 75.5. The van der Waals surface area contributed by atoms with Crippen LogP contribution in [0.1, 0.15) is 194 Å². The van der Waals surface area contributed by atoms with Crippen LogP contribution in [0.25, 0.3) is 0 Å². The fourth-order valence-electron chi connectivity index (χ4n) is 6.36. The zero-order valence-corrected chi connectivity index (χ0v) is 41.9. The second kappa shape index (κ2) is 52.9. The van der Waals surface area contributed by atoms with Gasteiger partial charge in [-0.1, -0.05) is 212 Å². The van der Waals surface area contributed by atoms with E-state index in [4.69, 9.17) is 14.2 Å². The molecule has 1 atom stereocenters. The minimum Gasteiger partial charge on any atom is -0.462 e. The highest BCUT2D eigenvalue weighted by Crippen LogP contribution is 2.12. The van der Waals surface area contributed by atoms with Crippen LogP contribution in [0.15, 0.2) is 146 Å². The highest BCUT2D eigenvalue weighted by molar-refractivity contribution is 5.71. The van der Waals surface area contributed by atoms with Gasteiger partial charge in [0.25, 0.3) is 0 Å². The summed E-state index contributed by atoms with van der Waals surface area (Å²) in [4.78, 5) is 38.0. The number of allylic oxidation sites excluding steroid dienone is 24. The molecule has 0 aliphatic rings. The van der Waals surface area contributed by atoms with E-state index in [0.29, 0.717) is 12.8 Å². The zero-order chi connectivity index (χ0) is 47.9. The molecule has 0 saturated heterocycles. The molecular weight excluding hydrogens is 817 g/mol. The highest BCUT2D eigenvalue weighted by Gasteiger charge is 2.19. The van der Waals surface area contributed by atoms with Crippen LogP contribution in [0.3, 0.4) is 0 Å². The number of hydrogen-bond donors (Lipinski definition) is 0. The van der Waals surface area contributed by atoms with Gasteiger partial charge in [-0.3, -0.25) is 14.4 Å². The van der Waals surface area contributed by atoms with Crippen molar-refractivity contribution >= 4 is 17.9 Å². The van der Waals surface area contributed by atoms with Gasteiger partial charge in [0.1, 0.15) is 13.2 Å². The minimum absolute atomic E-state index is 0.124. The van der Waals surface area contributed by atoms with Gasteiger partial charge in [-0.15, -0.1) is 0 Å². The molecule has 0 aliphatic carbocycles. The van der Waals surface area contributed by atoms with Gasteiger partial charge in [-0.25, -0.2) is 0 Å². The number of rotatable bonds is 44. The van der Waals surface area contributed by atoms with Gasteiger partial charge in [0.15, 0.2) is 6.10 Å². The molecule has 0 bridgehead atoms. The van der Waals surface area contributed by atoms with Crippen molar-refractivity contribution in [2.75, 3.05) is 13.2 Å². The maximum atomic E-state index is 12.8. The van der Waals surface area contributed by atoms with Gasteiger partial charge in [0.05, 0.1) is 0 Å². The maximum Gasteiger partial charge on any atom is 0.306 e. The van der Waals surface area contributed by atoms with Crippen LogP contribution in [-0.2, 0) is 28.6 Å². The summed E-state index contributed by atoms with van der Waals surface area (Å²) in [6.45, 7) is 6.16. The third-order valence-electron chi connectivity index (χ3n) is 10.1. The van der Waals surface area contributed by atoms with Gasteiger partial charge in [0.2, 0.25) is 0 Å². The van der Waals surface area contributed by atoms with E-state index in [1.54, 1.807) is 0 Å². The average Bonchev–Trinajstić information content (AvgIpc) is 3.31. The number of hydrogen-bond acceptors (Lipinski definition) is 6. The standard InChI is InChI=1S/C60H92O6/c1-4-7-10-13-16-19-22-25-27-29-30-31-33-35-38-41-44-47-50-53-59(62)65-56-57(55-64-58(61)52-49-46-43-40-37-34-24-21-18-15-12-9-6-3)66-60(63)54-51-48-45-42-39-36-32-28-26-23-20-17-14-11-8-5-2/h7-12,15-21,24-28,30-31,35,38,44,47,57H,4-6,13-14,22-23,29,32-34,36-37,39-43,45-46,48-56H2,1-3H3/b10-7-,11-8-,12-9-,18-15-,19-16-,20-17-,24-21-,27-25-,28-26-,31-30-,38-35-,47-44-. The summed E-state index contributed by atoms with van der Waals surface area (Å²) in [6, 6.07) is 0. The monoisotopic (exact) mass is 909 g/mol. The average molecular weight is 909 g/mol. The Morgan fingerprint density at radius 2 is 0.652 bits per heavy atom. The van der Waals surface area contributed by atoms with Crippen LogP contribution in [0.2, 0.25) is 0 Å². The number of ether oxygens (including phenoxy) is 3. The van der Waals surface area contributed by atoms with Gasteiger partial charge in [0, 0.05) is 19.3 Å². The lowest BCUT2D eigenvalue weighted by atomic mass is 10.1. The fourth-order valence-corrected chi connectivity index (χ4v) is 6.36. The predicted molar refractivity (Wildman–Crippen MR) is 283 cm³/mol. The molecule has 1 unspecified atom stereocenters. The van der Waals surface area contributed by atoms with Crippen molar-refractivity contribution in [1.82, 2.24) is 0 Å². The first kappa shape index (κ1) is 61.3. The van der Waals surface area contributed by atoms with E-state index in [2.05, 4.69) is 148 Å². The lowest BCUT2D eigenvalue weighted by Crippen LogP contribution is -2.30. The first-order chi connectivity index (χ1) is 32.5. The molecule has 0 spiro atoms. The Morgan fingerprint density at radius 1 is 0.318 bits per heavy atom. The zero-order valence-electron chi connectivity index (χ0n) is 41.9. The Kier molecular flexibility index (Phi) is 49.1. The lowest BCUT2D eigenvalue weighted by Gasteiger charge is -2.18. The van der Waals surface area contributed by atoms with Crippen molar-refractivity contribution < 1.29 is 28.6 Å². The molecule has 0 aromatic heterocycles. The predicted octanol–water partition coefficient (Wildman–Crippen LogP) is 17.3. The van der Waals surface area contributed by atoms with Crippen LogP contribution < -0.4 is 0 Å². The lowest BCUT2D eigenvalue weighted by molar-refractivity contribution is -0.166. The molecule has 6 nitrogen and oxygen atoms in total. The molecule has 0 saturated carbocycles. The molecule has 0 amide bonds. The smallest absolute Gasteiger partial charge is 0.306 e. The van der Waals surface area contributed by atoms with Gasteiger partial charge in [-0.05, 0) is 109 Å². The second-order valence-electron chi connectivity index (χ2n) is 16.3. The summed E-state index contributed by atoms with van der Waals surface area (Å²) in [5.41, 5.74) is 0. The Morgan fingerprint density at radius 3 is 1.11 bits per heavy atom. The van der Waals surface area contributed by atoms with Crippen molar-refractivity contribution in [3.63, 3.8) is 0 Å². The van der Waals surface area contributed by atoms with E-state index in [-0.39, 0.29) is 44.0 Å². The Hall–Kier alpha value is -4.71. The van der Waals surface area contributed by atoms with E-state index in [0.717, 1.165) is 135 Å². The van der Waals surface area contributed by atoms with Crippen molar-refractivity contribution in [3.05, 3.63) is 146 Å². The molecule has 0 heterocycles. The largest absolute Gasteiger partial charge is 0.462 e. The quantitative estimate of drug-likeness (QED) is 0.0199. The third-order valence-corrected chi connectivity index (χ3v) is 10.1. The molecular formula is C60H92O6. The van der Waals surface area contributed by atoms with E-state index < -0.39 is 6.10 Å². The van der Waals surface area contributed by atoms with Crippen LogP contribution in [0, 0.1) is 0 Å². The number of esters is 3. The molecule has 0 aromatic carbocycles. The Bertz CT molecular complexity index is 1510. The summed E-state index contributed by atoms with van der Waals surface area (Å²) in [5, 5.41) is 0. The molecule has 0 aromatic rings. The minimum atomic E-state index is -0.830. The number of carbonyl (C=O) groups excluding carboxylic acids is 3. The molecule has 6 heteroatoms. The first-order valence-corrected chi connectivity index (χ1v) is 25.9. The van der Waals surface area contributed by atoms with Crippen LogP contribution in [0.4, 0.5) is 0 Å². The van der Waals surface area contributed by atoms with Crippen molar-refractivity contribution in [2.24, 2.45) is 0 Å². The van der Waals surface area contributed by atoms with Gasteiger partial charge < -0.3 is 14.2 Å². The second-order valence-corrected chi connectivity index (χ2v) is 16.3. The topological polar surface area (TPSA) is 78.9 Å². The van der Waals surface area contributed by atoms with E-state index >= 15 is 0 Å². The fraction of sp³-hybridized carbons (Fsp3) is 0.550. The summed E-state index contributed by atoms with van der Waals surface area (Å²) < 4.78 is 16.7. The van der Waals surface area contributed by atoms with Gasteiger partial charge in [-0.2, -0.15) is 0 Å². The SMILES string of the molecule is CC\C=C/C=C\C=C/CCCCCCCC(=O)OCC(COC(=O)CC/C=C\C/C=C\C/C=C\C/C=C\C/C=C\C/C=C\CC)OC(=O)CCCCCCCC/C=C\C/C=C\C/C=C\CC. The molecule has 0 aliphatic heterocycles. The molecule has 0 fully saturated rings. The van der Waals surface area contributed by atoms with E-state index in [9.17, 15) is 14.4 Å². The van der Waals surface area contributed by atoms with Crippen molar-refractivity contribution in [1.29, 1.82) is 0 Å². The van der Waals surface area contributed by atoms with E-state index in [1.807, 2.05) is 18.2 Å². The maximum absolute atomic E-state index is 12.8. The van der Waals surface area contributed by atoms with Crippen LogP contribution in [0.5, 0.6) is 0 Å². The summed E-state index contributed by atoms with van der Waals surface area (Å²) in [5.74, 6) is -1.06. The van der Waals surface area contributed by atoms with Gasteiger partial charge >= 0.3 is 17.9 Å². The Balaban J connectivity index is 4.58. The van der Waals surface area contributed by atoms with Crippen LogP contribution in [-0.4, -0.2) is 37.2 Å². The molecule has 0 N–H and O–H groups in total. The van der Waals surface area contributed by atoms with Crippen LogP contribution >= 0.6 is 0 Å². The van der Waals surface area contributed by atoms with Crippen molar-refractivity contribution in [3.8, 4) is 0 Å². The van der Waals surface area contributed by atoms with E-state index in [1.165, 1.54) is 12.8 Å². The number of carbonyl (C=O) groups is 3. The normalized spacial score (nSPS) is 13.3. The molecule has 66 heavy (non-hydrogen) atoms. The molecule has 0 rings (SSSR count). The summed E-state index contributed by atoms with van der Waals surface area (Å²) in [7, 11) is 0. The molecule has 368 valence electrons. The number of unbranched alkanes of at least 4 members (excludes halogenated alkanes) is 11. The highest BCUT2D eigenvalue weighted by atomic mass is 16.6. The van der Waals surface area contributed by atoms with Crippen molar-refractivity contribution in [2.45, 2.75) is 200 Å². The Labute approximate surface area is 404 Å². The first-order valence-electron chi connectivity index (χ1n) is 25.9. The summed E-state index contributed by atoms with van der Waals surface area (Å²) >= 11 is 0. The third kappa shape index (κ3) is 50.3.